The van der Waals surface area contributed by atoms with Crippen LogP contribution in [0.2, 0.25) is 0 Å². The highest BCUT2D eigenvalue weighted by atomic mass is 14.6. The topological polar surface area (TPSA) is 26.0 Å². The first-order chi connectivity index (χ1) is 6.36. The van der Waals surface area contributed by atoms with Gasteiger partial charge in [0.25, 0.3) is 0 Å². The third-order valence-corrected chi connectivity index (χ3v) is 2.54. The highest BCUT2D eigenvalue weighted by molar-refractivity contribution is 5.40. The lowest BCUT2D eigenvalue weighted by atomic mass is 9.90. The van der Waals surface area contributed by atoms with Crippen molar-refractivity contribution in [2.45, 2.75) is 25.3 Å². The number of hydrogen-bond donors (Lipinski definition) is 1. The van der Waals surface area contributed by atoms with Crippen molar-refractivity contribution >= 4 is 0 Å². The van der Waals surface area contributed by atoms with Gasteiger partial charge in [-0.05, 0) is 30.4 Å². The molecule has 2 N–H and O–H groups in total. The van der Waals surface area contributed by atoms with Gasteiger partial charge in [0.15, 0.2) is 0 Å². The van der Waals surface area contributed by atoms with Gasteiger partial charge in [-0.1, -0.05) is 36.5 Å². The molecule has 0 aromatic heterocycles. The Bertz CT molecular complexity index is 305. The molecule has 2 aliphatic carbocycles. The fourth-order valence-corrected chi connectivity index (χ4v) is 1.81. The van der Waals surface area contributed by atoms with E-state index in [0.717, 1.165) is 6.42 Å². The first-order valence-corrected chi connectivity index (χ1v) is 4.85. The molecule has 13 heavy (non-hydrogen) atoms. The van der Waals surface area contributed by atoms with Crippen LogP contribution in [0.25, 0.3) is 0 Å². The Balaban J connectivity index is 2.16. The molecule has 0 amide bonds. The minimum atomic E-state index is 0.215. The summed E-state index contributed by atoms with van der Waals surface area (Å²) in [7, 11) is 0. The minimum Gasteiger partial charge on any atom is -0.324 e. The van der Waals surface area contributed by atoms with E-state index in [1.807, 2.05) is 0 Å². The average Bonchev–Trinajstić information content (AvgIpc) is 2.19. The summed E-state index contributed by atoms with van der Waals surface area (Å²) in [5.41, 5.74) is 8.74. The second kappa shape index (κ2) is 3.75. The van der Waals surface area contributed by atoms with E-state index in [0.29, 0.717) is 0 Å². The molecular weight excluding hydrogens is 158 g/mol. The van der Waals surface area contributed by atoms with E-state index in [2.05, 4.69) is 36.5 Å². The third-order valence-electron chi connectivity index (χ3n) is 2.54. The second-order valence-electron chi connectivity index (χ2n) is 3.60. The van der Waals surface area contributed by atoms with E-state index >= 15 is 0 Å². The predicted molar refractivity (Wildman–Crippen MR) is 56.3 cm³/mol. The Kier molecular flexibility index (Phi) is 2.46. The average molecular weight is 173 g/mol. The van der Waals surface area contributed by atoms with Crippen molar-refractivity contribution in [1.82, 2.24) is 0 Å². The summed E-state index contributed by atoms with van der Waals surface area (Å²) in [4.78, 5) is 0. The number of hydrogen-bond acceptors (Lipinski definition) is 1. The monoisotopic (exact) mass is 173 g/mol. The predicted octanol–water partition coefficient (Wildman–Crippen LogP) is 2.48. The van der Waals surface area contributed by atoms with Crippen molar-refractivity contribution in [3.63, 3.8) is 0 Å². The molecule has 0 fully saturated rings. The standard InChI is InChI=1S/C12H15N/c13-12-8-4-7-11(9-12)10-5-2-1-3-6-10/h1-2,4-5,7-8,12H,3,6,9,13H2. The zero-order valence-electron chi connectivity index (χ0n) is 7.74. The second-order valence-corrected chi connectivity index (χ2v) is 3.60. The van der Waals surface area contributed by atoms with Gasteiger partial charge in [-0.3, -0.25) is 0 Å². The van der Waals surface area contributed by atoms with Crippen molar-refractivity contribution in [1.29, 1.82) is 0 Å². The molecule has 1 unspecified atom stereocenters. The molecule has 2 rings (SSSR count). The maximum Gasteiger partial charge on any atom is 0.0267 e. The van der Waals surface area contributed by atoms with E-state index in [1.165, 1.54) is 24.0 Å². The van der Waals surface area contributed by atoms with Crippen LogP contribution in [0.1, 0.15) is 19.3 Å². The van der Waals surface area contributed by atoms with Gasteiger partial charge in [0, 0.05) is 6.04 Å². The summed E-state index contributed by atoms with van der Waals surface area (Å²) in [5, 5.41) is 0. The van der Waals surface area contributed by atoms with Crippen LogP contribution in [-0.4, -0.2) is 6.04 Å². The van der Waals surface area contributed by atoms with E-state index < -0.39 is 0 Å². The molecule has 1 heteroatoms. The molecule has 0 saturated heterocycles. The smallest absolute Gasteiger partial charge is 0.0267 e. The lowest BCUT2D eigenvalue weighted by Crippen LogP contribution is -2.19. The van der Waals surface area contributed by atoms with E-state index in [-0.39, 0.29) is 6.04 Å². The van der Waals surface area contributed by atoms with Gasteiger partial charge in [-0.15, -0.1) is 0 Å². The van der Waals surface area contributed by atoms with Gasteiger partial charge >= 0.3 is 0 Å². The van der Waals surface area contributed by atoms with Gasteiger partial charge < -0.3 is 5.73 Å². The number of nitrogens with two attached hydrogens (primary N) is 1. The van der Waals surface area contributed by atoms with Crippen LogP contribution in [0.4, 0.5) is 0 Å². The molecular formula is C12H15N. The van der Waals surface area contributed by atoms with E-state index in [9.17, 15) is 0 Å². The van der Waals surface area contributed by atoms with Crippen LogP contribution in [0.5, 0.6) is 0 Å². The van der Waals surface area contributed by atoms with Gasteiger partial charge in [0.2, 0.25) is 0 Å². The summed E-state index contributed by atoms with van der Waals surface area (Å²) < 4.78 is 0. The van der Waals surface area contributed by atoms with Gasteiger partial charge in [0.05, 0.1) is 0 Å². The fraction of sp³-hybridized carbons (Fsp3) is 0.333. The first kappa shape index (κ1) is 8.52. The van der Waals surface area contributed by atoms with Crippen LogP contribution in [0.15, 0.2) is 47.6 Å². The molecule has 0 bridgehead atoms. The molecule has 1 nitrogen and oxygen atoms in total. The Morgan fingerprint density at radius 2 is 2.00 bits per heavy atom. The van der Waals surface area contributed by atoms with Crippen molar-refractivity contribution in [3.05, 3.63) is 47.6 Å². The fourth-order valence-electron chi connectivity index (χ4n) is 1.81. The normalized spacial score (nSPS) is 27.0. The molecule has 68 valence electrons. The van der Waals surface area contributed by atoms with Crippen molar-refractivity contribution in [2.75, 3.05) is 0 Å². The summed E-state index contributed by atoms with van der Waals surface area (Å²) >= 11 is 0. The molecule has 0 aromatic carbocycles. The summed E-state index contributed by atoms with van der Waals surface area (Å²) in [5.74, 6) is 0. The molecule has 0 radical (unpaired) electrons. The lowest BCUT2D eigenvalue weighted by Gasteiger charge is -2.18. The molecule has 0 spiro atoms. The molecule has 1 atom stereocenters. The van der Waals surface area contributed by atoms with Crippen LogP contribution in [0, 0.1) is 0 Å². The maximum atomic E-state index is 5.86. The minimum absolute atomic E-state index is 0.215. The van der Waals surface area contributed by atoms with Gasteiger partial charge in [-0.25, -0.2) is 0 Å². The Hall–Kier alpha value is -1.08. The Morgan fingerprint density at radius 3 is 2.69 bits per heavy atom. The highest BCUT2D eigenvalue weighted by Gasteiger charge is 2.11. The van der Waals surface area contributed by atoms with Gasteiger partial charge in [-0.2, -0.15) is 0 Å². The van der Waals surface area contributed by atoms with Crippen molar-refractivity contribution in [3.8, 4) is 0 Å². The molecule has 0 saturated carbocycles. The highest BCUT2D eigenvalue weighted by Crippen LogP contribution is 2.25. The van der Waals surface area contributed by atoms with Crippen molar-refractivity contribution in [2.24, 2.45) is 5.73 Å². The van der Waals surface area contributed by atoms with Crippen LogP contribution in [-0.2, 0) is 0 Å². The molecule has 2 aliphatic rings. The number of rotatable bonds is 1. The van der Waals surface area contributed by atoms with E-state index in [1.54, 1.807) is 0 Å². The van der Waals surface area contributed by atoms with E-state index in [4.69, 9.17) is 5.73 Å². The van der Waals surface area contributed by atoms with Crippen LogP contribution < -0.4 is 5.73 Å². The zero-order valence-corrected chi connectivity index (χ0v) is 7.74. The van der Waals surface area contributed by atoms with Crippen LogP contribution in [0.3, 0.4) is 0 Å². The molecule has 0 heterocycles. The number of allylic oxidation sites excluding steroid dienone is 6. The van der Waals surface area contributed by atoms with Crippen molar-refractivity contribution < 1.29 is 0 Å². The summed E-state index contributed by atoms with van der Waals surface area (Å²) in [6.07, 6.45) is 16.2. The molecule has 0 aliphatic heterocycles. The summed E-state index contributed by atoms with van der Waals surface area (Å²) in [6, 6.07) is 0.215. The molecule has 0 aromatic rings. The summed E-state index contributed by atoms with van der Waals surface area (Å²) in [6.45, 7) is 0. The third kappa shape index (κ3) is 1.99. The van der Waals surface area contributed by atoms with Gasteiger partial charge in [0.1, 0.15) is 0 Å². The Labute approximate surface area is 79.3 Å². The maximum absolute atomic E-state index is 5.86. The Morgan fingerprint density at radius 1 is 1.15 bits per heavy atom. The SMILES string of the molecule is NC1C=CC=C(C2=CC=CCC2)C1. The largest absolute Gasteiger partial charge is 0.324 e. The zero-order chi connectivity index (χ0) is 9.10. The quantitative estimate of drug-likeness (QED) is 0.647. The lowest BCUT2D eigenvalue weighted by molar-refractivity contribution is 0.781. The van der Waals surface area contributed by atoms with Crippen LogP contribution >= 0.6 is 0 Å². The first-order valence-electron chi connectivity index (χ1n) is 4.85.